The third-order valence-corrected chi connectivity index (χ3v) is 4.20. The molecule has 0 unspecified atom stereocenters. The number of aliphatic hydroxyl groups excluding tert-OH is 1. The van der Waals surface area contributed by atoms with Gasteiger partial charge in [0.15, 0.2) is 17.1 Å². The molecule has 0 aliphatic carbocycles. The number of likely N-dealkylation sites (N-methyl/N-ethyl adjacent to an activating group) is 1. The molecule has 0 saturated heterocycles. The van der Waals surface area contributed by atoms with Gasteiger partial charge in [0, 0.05) is 12.6 Å². The summed E-state index contributed by atoms with van der Waals surface area (Å²) in [4.78, 5) is 13.6. The standard InChI is InChI=1S/C20H15ClFN3O4/c1-25(6-7-29-17-5-3-2-4-15(17)21)20(28)14(11-24)18(26)12-8-13(10-23)19(27)16(22)9-12/h2-5,8-9,26-27H,6-7H2,1H3/b18-14-. The molecule has 0 bridgehead atoms. The fraction of sp³-hybridized carbons (Fsp3) is 0.150. The Morgan fingerprint density at radius 1 is 1.31 bits per heavy atom. The number of amides is 1. The molecular weight excluding hydrogens is 401 g/mol. The van der Waals surface area contributed by atoms with Gasteiger partial charge in [-0.15, -0.1) is 0 Å². The fourth-order valence-corrected chi connectivity index (χ4v) is 2.50. The average Bonchev–Trinajstić information content (AvgIpc) is 2.71. The zero-order valence-corrected chi connectivity index (χ0v) is 15.9. The van der Waals surface area contributed by atoms with E-state index in [1.54, 1.807) is 36.4 Å². The highest BCUT2D eigenvalue weighted by atomic mass is 35.5. The largest absolute Gasteiger partial charge is 0.506 e. The van der Waals surface area contributed by atoms with E-state index < -0.39 is 34.4 Å². The monoisotopic (exact) mass is 415 g/mol. The van der Waals surface area contributed by atoms with Crippen molar-refractivity contribution in [1.29, 1.82) is 10.5 Å². The number of phenolic OH excluding ortho intramolecular Hbond substituents is 1. The Hall–Kier alpha value is -3.75. The summed E-state index contributed by atoms with van der Waals surface area (Å²) < 4.78 is 19.2. The number of aromatic hydroxyl groups is 1. The van der Waals surface area contributed by atoms with E-state index in [9.17, 15) is 24.7 Å². The quantitative estimate of drug-likeness (QED) is 0.424. The molecule has 0 aliphatic heterocycles. The van der Waals surface area contributed by atoms with Gasteiger partial charge >= 0.3 is 0 Å². The predicted octanol–water partition coefficient (Wildman–Crippen LogP) is 3.39. The van der Waals surface area contributed by atoms with Crippen LogP contribution in [-0.4, -0.2) is 41.2 Å². The lowest BCUT2D eigenvalue weighted by Gasteiger charge is -2.18. The van der Waals surface area contributed by atoms with Crippen molar-refractivity contribution in [3.63, 3.8) is 0 Å². The zero-order chi connectivity index (χ0) is 21.6. The second-order valence-electron chi connectivity index (χ2n) is 5.81. The highest BCUT2D eigenvalue weighted by Gasteiger charge is 2.22. The number of phenols is 1. The van der Waals surface area contributed by atoms with Crippen molar-refractivity contribution in [2.75, 3.05) is 20.2 Å². The van der Waals surface area contributed by atoms with Crippen LogP contribution in [0.15, 0.2) is 42.0 Å². The number of carbonyl (C=O) groups is 1. The highest BCUT2D eigenvalue weighted by Crippen LogP contribution is 2.27. The fourth-order valence-electron chi connectivity index (χ4n) is 2.31. The summed E-state index contributed by atoms with van der Waals surface area (Å²) in [6.07, 6.45) is 0. The zero-order valence-electron chi connectivity index (χ0n) is 15.2. The van der Waals surface area contributed by atoms with Crippen molar-refractivity contribution >= 4 is 23.3 Å². The van der Waals surface area contributed by atoms with Gasteiger partial charge in [0.05, 0.1) is 17.1 Å². The Kier molecular flexibility index (Phi) is 7.02. The lowest BCUT2D eigenvalue weighted by molar-refractivity contribution is -0.125. The molecule has 2 N–H and O–H groups in total. The minimum atomic E-state index is -1.17. The second kappa shape index (κ2) is 9.45. The summed E-state index contributed by atoms with van der Waals surface area (Å²) in [7, 11) is 1.39. The third-order valence-electron chi connectivity index (χ3n) is 3.89. The van der Waals surface area contributed by atoms with E-state index >= 15 is 0 Å². The van der Waals surface area contributed by atoms with Crippen LogP contribution in [0.4, 0.5) is 4.39 Å². The lowest BCUT2D eigenvalue weighted by Crippen LogP contribution is -2.32. The van der Waals surface area contributed by atoms with E-state index in [4.69, 9.17) is 21.6 Å². The number of benzene rings is 2. The van der Waals surface area contributed by atoms with Crippen LogP contribution in [0.1, 0.15) is 11.1 Å². The van der Waals surface area contributed by atoms with E-state index in [1.807, 2.05) is 0 Å². The first-order chi connectivity index (χ1) is 13.8. The second-order valence-corrected chi connectivity index (χ2v) is 6.21. The Bertz CT molecular complexity index is 1060. The SMILES string of the molecule is CN(CCOc1ccccc1Cl)C(=O)/C(C#N)=C(\O)c1cc(F)c(O)c(C#N)c1. The number of hydrogen-bond acceptors (Lipinski definition) is 6. The van der Waals surface area contributed by atoms with Gasteiger partial charge in [-0.1, -0.05) is 23.7 Å². The van der Waals surface area contributed by atoms with Crippen molar-refractivity contribution < 1.29 is 24.1 Å². The van der Waals surface area contributed by atoms with Crippen LogP contribution in [0.3, 0.4) is 0 Å². The highest BCUT2D eigenvalue weighted by molar-refractivity contribution is 6.32. The van der Waals surface area contributed by atoms with Crippen LogP contribution in [0.2, 0.25) is 5.02 Å². The normalized spacial score (nSPS) is 11.1. The van der Waals surface area contributed by atoms with Crippen molar-refractivity contribution in [1.82, 2.24) is 4.90 Å². The van der Waals surface area contributed by atoms with Crippen molar-refractivity contribution in [2.24, 2.45) is 0 Å². The molecule has 29 heavy (non-hydrogen) atoms. The first-order valence-corrected chi connectivity index (χ1v) is 8.57. The van der Waals surface area contributed by atoms with Gasteiger partial charge in [-0.2, -0.15) is 10.5 Å². The van der Waals surface area contributed by atoms with E-state index in [0.717, 1.165) is 17.0 Å². The Morgan fingerprint density at radius 2 is 2.00 bits per heavy atom. The maximum atomic E-state index is 13.7. The molecule has 0 heterocycles. The van der Waals surface area contributed by atoms with Gasteiger partial charge in [0.2, 0.25) is 0 Å². The summed E-state index contributed by atoms with van der Waals surface area (Å²) in [6.45, 7) is 0.133. The van der Waals surface area contributed by atoms with Gasteiger partial charge in [0.25, 0.3) is 5.91 Å². The van der Waals surface area contributed by atoms with Gasteiger partial charge in [0.1, 0.15) is 30.3 Å². The third kappa shape index (κ3) is 4.95. The predicted molar refractivity (Wildman–Crippen MR) is 103 cm³/mol. The molecule has 1 amide bonds. The number of carbonyl (C=O) groups excluding carboxylic acids is 1. The maximum Gasteiger partial charge on any atom is 0.268 e. The summed E-state index contributed by atoms with van der Waals surface area (Å²) in [5.74, 6) is -3.27. The number of hydrogen-bond donors (Lipinski definition) is 2. The molecule has 0 aromatic heterocycles. The molecule has 0 saturated carbocycles. The number of ether oxygens (including phenoxy) is 1. The number of rotatable bonds is 6. The van der Waals surface area contributed by atoms with E-state index in [2.05, 4.69) is 0 Å². The van der Waals surface area contributed by atoms with Crippen LogP contribution in [0.25, 0.3) is 5.76 Å². The summed E-state index contributed by atoms with van der Waals surface area (Å²) >= 11 is 5.97. The number of para-hydroxylation sites is 1. The van der Waals surface area contributed by atoms with Crippen LogP contribution in [0.5, 0.6) is 11.5 Å². The topological polar surface area (TPSA) is 118 Å². The summed E-state index contributed by atoms with van der Waals surface area (Å²) in [6, 6.07) is 11.6. The lowest BCUT2D eigenvalue weighted by atomic mass is 10.0. The number of nitrogens with zero attached hydrogens (tertiary/aromatic N) is 3. The van der Waals surface area contributed by atoms with Crippen LogP contribution in [0, 0.1) is 28.5 Å². The van der Waals surface area contributed by atoms with E-state index in [0.29, 0.717) is 10.8 Å². The first kappa shape index (κ1) is 21.5. The molecule has 148 valence electrons. The molecule has 0 aliphatic rings. The van der Waals surface area contributed by atoms with Crippen molar-refractivity contribution in [3.8, 4) is 23.6 Å². The molecule has 2 aromatic carbocycles. The molecule has 9 heteroatoms. The van der Waals surface area contributed by atoms with E-state index in [-0.39, 0.29) is 18.7 Å². The van der Waals surface area contributed by atoms with Gasteiger partial charge in [-0.05, 0) is 24.3 Å². The van der Waals surface area contributed by atoms with E-state index in [1.165, 1.54) is 7.05 Å². The summed E-state index contributed by atoms with van der Waals surface area (Å²) in [5.41, 5.74) is -1.39. The molecule has 0 radical (unpaired) electrons. The summed E-state index contributed by atoms with van der Waals surface area (Å²) in [5, 5.41) is 38.3. The van der Waals surface area contributed by atoms with Crippen molar-refractivity contribution in [3.05, 3.63) is 63.9 Å². The first-order valence-electron chi connectivity index (χ1n) is 8.19. The van der Waals surface area contributed by atoms with Crippen LogP contribution < -0.4 is 4.74 Å². The molecule has 0 spiro atoms. The average molecular weight is 416 g/mol. The Morgan fingerprint density at radius 3 is 2.62 bits per heavy atom. The molecular formula is C20H15ClFN3O4. The number of halogens is 2. The van der Waals surface area contributed by atoms with Gasteiger partial charge in [-0.25, -0.2) is 4.39 Å². The van der Waals surface area contributed by atoms with Gasteiger partial charge < -0.3 is 19.8 Å². The Balaban J connectivity index is 2.18. The maximum absolute atomic E-state index is 13.7. The Labute approximate surface area is 171 Å². The van der Waals surface area contributed by atoms with Crippen molar-refractivity contribution in [2.45, 2.75) is 0 Å². The van der Waals surface area contributed by atoms with Gasteiger partial charge in [-0.3, -0.25) is 4.79 Å². The minimum absolute atomic E-state index is 0.0654. The number of nitriles is 2. The molecule has 7 nitrogen and oxygen atoms in total. The molecule has 0 fully saturated rings. The smallest absolute Gasteiger partial charge is 0.268 e. The molecule has 2 rings (SSSR count). The molecule has 2 aromatic rings. The minimum Gasteiger partial charge on any atom is -0.506 e. The van der Waals surface area contributed by atoms with Crippen LogP contribution >= 0.6 is 11.6 Å². The molecule has 0 atom stereocenters. The van der Waals surface area contributed by atoms with Crippen LogP contribution in [-0.2, 0) is 4.79 Å². The number of aliphatic hydroxyl groups is 1.